The number of carbonyl (C=O) groups excluding carboxylic acids is 1. The van der Waals surface area contributed by atoms with Crippen molar-refractivity contribution in [1.82, 2.24) is 0 Å². The topological polar surface area (TPSA) is 26.3 Å². The summed E-state index contributed by atoms with van der Waals surface area (Å²) in [4.78, 5) is 11.1. The van der Waals surface area contributed by atoms with Gasteiger partial charge in [0.25, 0.3) is 0 Å². The second-order valence-corrected chi connectivity index (χ2v) is 4.57. The molecule has 1 heterocycles. The molecule has 3 heteroatoms. The van der Waals surface area contributed by atoms with Crippen LogP contribution in [0.25, 0.3) is 0 Å². The van der Waals surface area contributed by atoms with E-state index < -0.39 is 0 Å². The van der Waals surface area contributed by atoms with Gasteiger partial charge in [-0.05, 0) is 26.0 Å². The van der Waals surface area contributed by atoms with E-state index in [1.807, 2.05) is 13.8 Å². The summed E-state index contributed by atoms with van der Waals surface area (Å²) in [6.45, 7) is 4.41. The van der Waals surface area contributed by atoms with E-state index in [2.05, 4.69) is 0 Å². The highest BCUT2D eigenvalue weighted by Crippen LogP contribution is 2.28. The smallest absolute Gasteiger partial charge is 0.321 e. The maximum Gasteiger partial charge on any atom is 0.321 e. The Balaban J connectivity index is 2.61. The molecule has 0 aliphatic carbocycles. The van der Waals surface area contributed by atoms with Crippen LogP contribution in [0.3, 0.4) is 0 Å². The zero-order valence-corrected chi connectivity index (χ0v) is 7.16. The fraction of sp³-hybridized carbons (Fsp3) is 0.857. The highest BCUT2D eigenvalue weighted by atomic mass is 32.2. The van der Waals surface area contributed by atoms with Crippen LogP contribution in [0.5, 0.6) is 0 Å². The first-order valence-corrected chi connectivity index (χ1v) is 4.43. The Hall–Kier alpha value is -0.180. The number of thioether (sulfide) groups is 1. The molecule has 1 aliphatic rings. The molecule has 1 fully saturated rings. The Morgan fingerprint density at radius 2 is 2.30 bits per heavy atom. The van der Waals surface area contributed by atoms with Crippen LogP contribution < -0.4 is 0 Å². The third-order valence-corrected chi connectivity index (χ3v) is 2.86. The minimum Gasteiger partial charge on any atom is -0.465 e. The van der Waals surface area contributed by atoms with Gasteiger partial charge in [-0.3, -0.25) is 4.79 Å². The van der Waals surface area contributed by atoms with Crippen LogP contribution in [0.15, 0.2) is 0 Å². The summed E-state index contributed by atoms with van der Waals surface area (Å²) in [6, 6.07) is 0. The lowest BCUT2D eigenvalue weighted by Crippen LogP contribution is -2.28. The Labute approximate surface area is 65.3 Å². The summed E-state index contributed by atoms with van der Waals surface area (Å²) in [7, 11) is 0. The molecule has 0 atom stereocenters. The van der Waals surface area contributed by atoms with Crippen molar-refractivity contribution in [2.75, 3.05) is 12.4 Å². The highest BCUT2D eigenvalue weighted by Gasteiger charge is 2.31. The molecule has 0 aromatic rings. The Kier molecular flexibility index (Phi) is 2.24. The first-order chi connectivity index (χ1) is 4.63. The number of esters is 1. The van der Waals surface area contributed by atoms with Crippen LogP contribution in [0.4, 0.5) is 0 Å². The molecule has 58 valence electrons. The second kappa shape index (κ2) is 2.82. The Bertz CT molecular complexity index is 143. The average molecular weight is 160 g/mol. The van der Waals surface area contributed by atoms with Crippen molar-refractivity contribution >= 4 is 17.7 Å². The van der Waals surface area contributed by atoms with E-state index in [0.29, 0.717) is 6.61 Å². The summed E-state index contributed by atoms with van der Waals surface area (Å²) in [5, 5.41) is 0. The van der Waals surface area contributed by atoms with Gasteiger partial charge in [-0.15, -0.1) is 11.8 Å². The number of hydrogen-bond donors (Lipinski definition) is 0. The van der Waals surface area contributed by atoms with Gasteiger partial charge in [0.15, 0.2) is 0 Å². The number of hydrogen-bond acceptors (Lipinski definition) is 3. The molecule has 1 rings (SSSR count). The summed E-state index contributed by atoms with van der Waals surface area (Å²) in [5.41, 5.74) is 0. The summed E-state index contributed by atoms with van der Waals surface area (Å²) in [5.74, 6) is 0.952. The maximum atomic E-state index is 11.1. The molecule has 0 aromatic heterocycles. The largest absolute Gasteiger partial charge is 0.465 e. The molecule has 0 amide bonds. The highest BCUT2D eigenvalue weighted by molar-refractivity contribution is 8.01. The lowest BCUT2D eigenvalue weighted by molar-refractivity contribution is -0.145. The number of cyclic esters (lactones) is 1. The van der Waals surface area contributed by atoms with Crippen molar-refractivity contribution < 1.29 is 9.53 Å². The van der Waals surface area contributed by atoms with Crippen molar-refractivity contribution in [2.45, 2.75) is 25.0 Å². The van der Waals surface area contributed by atoms with Crippen molar-refractivity contribution in [3.8, 4) is 0 Å². The summed E-state index contributed by atoms with van der Waals surface area (Å²) in [6.07, 6.45) is 0.986. The SMILES string of the molecule is CC1(C)SCCCOC1=O. The van der Waals surface area contributed by atoms with Gasteiger partial charge < -0.3 is 4.74 Å². The van der Waals surface area contributed by atoms with Crippen LogP contribution >= 0.6 is 11.8 Å². The van der Waals surface area contributed by atoms with E-state index in [1.54, 1.807) is 11.8 Å². The van der Waals surface area contributed by atoms with E-state index in [-0.39, 0.29) is 10.7 Å². The van der Waals surface area contributed by atoms with Crippen molar-refractivity contribution in [3.05, 3.63) is 0 Å². The summed E-state index contributed by atoms with van der Waals surface area (Å²) >= 11 is 1.67. The predicted octanol–water partition coefficient (Wildman–Crippen LogP) is 1.45. The predicted molar refractivity (Wildman–Crippen MR) is 42.1 cm³/mol. The molecule has 1 aliphatic heterocycles. The van der Waals surface area contributed by atoms with Crippen LogP contribution in [0, 0.1) is 0 Å². The quantitative estimate of drug-likeness (QED) is 0.502. The summed E-state index contributed by atoms with van der Waals surface area (Å²) < 4.78 is 4.64. The van der Waals surface area contributed by atoms with Crippen molar-refractivity contribution in [2.24, 2.45) is 0 Å². The van der Waals surface area contributed by atoms with Gasteiger partial charge in [0.05, 0.1) is 6.61 Å². The number of rotatable bonds is 0. The number of ether oxygens (including phenoxy) is 1. The Morgan fingerprint density at radius 1 is 1.60 bits per heavy atom. The zero-order valence-electron chi connectivity index (χ0n) is 6.35. The molecule has 0 bridgehead atoms. The van der Waals surface area contributed by atoms with Crippen molar-refractivity contribution in [3.63, 3.8) is 0 Å². The molecule has 1 saturated heterocycles. The maximum absolute atomic E-state index is 11.1. The van der Waals surface area contributed by atoms with E-state index >= 15 is 0 Å². The molecule has 0 saturated carbocycles. The van der Waals surface area contributed by atoms with E-state index in [4.69, 9.17) is 4.74 Å². The molecular weight excluding hydrogens is 148 g/mol. The third-order valence-electron chi connectivity index (χ3n) is 1.48. The lowest BCUT2D eigenvalue weighted by atomic mass is 10.2. The minimum atomic E-state index is -0.323. The second-order valence-electron chi connectivity index (χ2n) is 2.85. The molecule has 0 aromatic carbocycles. The normalized spacial score (nSPS) is 25.2. The van der Waals surface area contributed by atoms with Gasteiger partial charge >= 0.3 is 5.97 Å². The molecular formula is C7H12O2S. The molecule has 0 spiro atoms. The first-order valence-electron chi connectivity index (χ1n) is 3.44. The van der Waals surface area contributed by atoms with E-state index in [1.165, 1.54) is 0 Å². The van der Waals surface area contributed by atoms with Crippen LogP contribution in [-0.4, -0.2) is 23.1 Å². The van der Waals surface area contributed by atoms with Crippen molar-refractivity contribution in [1.29, 1.82) is 0 Å². The van der Waals surface area contributed by atoms with Crippen LogP contribution in [0.1, 0.15) is 20.3 Å². The lowest BCUT2D eigenvalue weighted by Gasteiger charge is -2.17. The first kappa shape index (κ1) is 7.92. The number of carbonyl (C=O) groups is 1. The third kappa shape index (κ3) is 1.66. The molecule has 10 heavy (non-hydrogen) atoms. The molecule has 0 N–H and O–H groups in total. The van der Waals surface area contributed by atoms with Gasteiger partial charge in [0.1, 0.15) is 4.75 Å². The molecule has 0 radical (unpaired) electrons. The minimum absolute atomic E-state index is 0.0741. The van der Waals surface area contributed by atoms with Gasteiger partial charge in [-0.1, -0.05) is 0 Å². The van der Waals surface area contributed by atoms with Gasteiger partial charge in [-0.2, -0.15) is 0 Å². The molecule has 0 unspecified atom stereocenters. The van der Waals surface area contributed by atoms with E-state index in [0.717, 1.165) is 12.2 Å². The monoisotopic (exact) mass is 160 g/mol. The fourth-order valence-electron chi connectivity index (χ4n) is 0.784. The van der Waals surface area contributed by atoms with Gasteiger partial charge in [0.2, 0.25) is 0 Å². The zero-order chi connectivity index (χ0) is 7.61. The van der Waals surface area contributed by atoms with E-state index in [9.17, 15) is 4.79 Å². The Morgan fingerprint density at radius 3 is 3.00 bits per heavy atom. The standard InChI is InChI=1S/C7H12O2S/c1-7(2)6(8)9-4-3-5-10-7/h3-5H2,1-2H3. The average Bonchev–Trinajstić information content (AvgIpc) is 1.96. The molecule has 2 nitrogen and oxygen atoms in total. The fourth-order valence-corrected chi connectivity index (χ4v) is 1.73. The van der Waals surface area contributed by atoms with Crippen LogP contribution in [-0.2, 0) is 9.53 Å². The van der Waals surface area contributed by atoms with Crippen LogP contribution in [0.2, 0.25) is 0 Å². The van der Waals surface area contributed by atoms with Gasteiger partial charge in [0, 0.05) is 0 Å². The van der Waals surface area contributed by atoms with Gasteiger partial charge in [-0.25, -0.2) is 0 Å².